The van der Waals surface area contributed by atoms with Gasteiger partial charge in [0.2, 0.25) is 11.8 Å². The number of carboxylic acids is 1. The van der Waals surface area contributed by atoms with E-state index in [-0.39, 0.29) is 23.6 Å². The number of nitrogens with one attached hydrogen (secondary N) is 1. The number of carbonyl (C=O) groups excluding carboxylic acids is 2. The van der Waals surface area contributed by atoms with Gasteiger partial charge in [0, 0.05) is 18.2 Å². The standard InChI is InChI=1S/C12H12F2N2O4S/c13-7-3-6(12(19)20)9(4-8(7)14)16-11(18)1-2-21-5-10(15)17/h3-4H,1-2,5H2,(H2,15,17)(H,16,18)(H,19,20). The van der Waals surface area contributed by atoms with Gasteiger partial charge >= 0.3 is 5.97 Å². The number of primary amides is 1. The van der Waals surface area contributed by atoms with Crippen LogP contribution in [0.5, 0.6) is 0 Å². The Balaban J connectivity index is 2.69. The van der Waals surface area contributed by atoms with E-state index in [1.165, 1.54) is 0 Å². The topological polar surface area (TPSA) is 109 Å². The van der Waals surface area contributed by atoms with Gasteiger partial charge in [-0.2, -0.15) is 11.8 Å². The molecule has 0 radical (unpaired) electrons. The van der Waals surface area contributed by atoms with Gasteiger partial charge in [-0.15, -0.1) is 0 Å². The van der Waals surface area contributed by atoms with Crippen LogP contribution in [-0.4, -0.2) is 34.4 Å². The molecule has 114 valence electrons. The molecule has 1 aromatic rings. The number of rotatable bonds is 7. The molecule has 0 saturated carbocycles. The van der Waals surface area contributed by atoms with Crippen LogP contribution in [0, 0.1) is 11.6 Å². The zero-order chi connectivity index (χ0) is 16.0. The summed E-state index contributed by atoms with van der Waals surface area (Å²) in [6, 6.07) is 1.10. The Hall–Kier alpha value is -2.16. The Morgan fingerprint density at radius 3 is 2.43 bits per heavy atom. The molecule has 0 unspecified atom stereocenters. The van der Waals surface area contributed by atoms with E-state index in [4.69, 9.17) is 10.8 Å². The maximum Gasteiger partial charge on any atom is 0.337 e. The molecule has 0 aliphatic carbocycles. The average Bonchev–Trinajstić information content (AvgIpc) is 2.38. The number of carbonyl (C=O) groups is 3. The first-order chi connectivity index (χ1) is 9.81. The van der Waals surface area contributed by atoms with Crippen molar-refractivity contribution in [3.63, 3.8) is 0 Å². The van der Waals surface area contributed by atoms with Crippen LogP contribution in [0.15, 0.2) is 12.1 Å². The number of hydrogen-bond acceptors (Lipinski definition) is 4. The Morgan fingerprint density at radius 1 is 1.24 bits per heavy atom. The van der Waals surface area contributed by atoms with E-state index < -0.39 is 35.0 Å². The van der Waals surface area contributed by atoms with Crippen LogP contribution in [0.1, 0.15) is 16.8 Å². The predicted octanol–water partition coefficient (Wildman–Crippen LogP) is 1.21. The molecule has 1 rings (SSSR count). The molecule has 0 heterocycles. The lowest BCUT2D eigenvalue weighted by Crippen LogP contribution is -2.17. The molecule has 0 aromatic heterocycles. The van der Waals surface area contributed by atoms with Gasteiger partial charge in [0.1, 0.15) is 0 Å². The fourth-order valence-electron chi connectivity index (χ4n) is 1.38. The first kappa shape index (κ1) is 16.9. The summed E-state index contributed by atoms with van der Waals surface area (Å²) < 4.78 is 26.1. The number of thioether (sulfide) groups is 1. The minimum Gasteiger partial charge on any atom is -0.478 e. The molecule has 0 spiro atoms. The Morgan fingerprint density at radius 2 is 1.86 bits per heavy atom. The number of hydrogen-bond donors (Lipinski definition) is 3. The summed E-state index contributed by atoms with van der Waals surface area (Å²) in [4.78, 5) is 33.0. The molecule has 21 heavy (non-hydrogen) atoms. The van der Waals surface area contributed by atoms with Gasteiger partial charge < -0.3 is 16.2 Å². The summed E-state index contributed by atoms with van der Waals surface area (Å²) in [6.07, 6.45) is -0.0317. The number of halogens is 2. The second kappa shape index (κ2) is 7.58. The average molecular weight is 318 g/mol. The quantitative estimate of drug-likeness (QED) is 0.655. The molecular weight excluding hydrogens is 306 g/mol. The molecule has 0 atom stereocenters. The molecule has 0 bridgehead atoms. The Bertz CT molecular complexity index is 581. The number of amides is 2. The van der Waals surface area contributed by atoms with Gasteiger partial charge in [0.15, 0.2) is 11.6 Å². The normalized spacial score (nSPS) is 10.2. The first-order valence-electron chi connectivity index (χ1n) is 5.69. The Labute approximate surface area is 122 Å². The zero-order valence-electron chi connectivity index (χ0n) is 10.7. The highest BCUT2D eigenvalue weighted by molar-refractivity contribution is 7.99. The lowest BCUT2D eigenvalue weighted by atomic mass is 10.1. The second-order valence-corrected chi connectivity index (χ2v) is 5.04. The van der Waals surface area contributed by atoms with E-state index >= 15 is 0 Å². The highest BCUT2D eigenvalue weighted by Crippen LogP contribution is 2.20. The number of anilines is 1. The van der Waals surface area contributed by atoms with Crippen molar-refractivity contribution in [3.05, 3.63) is 29.3 Å². The lowest BCUT2D eigenvalue weighted by Gasteiger charge is -2.09. The van der Waals surface area contributed by atoms with E-state index in [2.05, 4.69) is 5.32 Å². The van der Waals surface area contributed by atoms with E-state index in [9.17, 15) is 23.2 Å². The molecular formula is C12H12F2N2O4S. The number of benzene rings is 1. The summed E-state index contributed by atoms with van der Waals surface area (Å²) >= 11 is 1.13. The van der Waals surface area contributed by atoms with Crippen LogP contribution >= 0.6 is 11.8 Å². The van der Waals surface area contributed by atoms with Crippen molar-refractivity contribution in [1.29, 1.82) is 0 Å². The van der Waals surface area contributed by atoms with E-state index in [1.54, 1.807) is 0 Å². The molecule has 0 fully saturated rings. The number of carboxylic acid groups (broad SMARTS) is 1. The van der Waals surface area contributed by atoms with Crippen LogP contribution in [0.25, 0.3) is 0 Å². The van der Waals surface area contributed by atoms with Crippen molar-refractivity contribution in [2.45, 2.75) is 6.42 Å². The maximum atomic E-state index is 13.1. The van der Waals surface area contributed by atoms with E-state index in [1.807, 2.05) is 0 Å². The third-order valence-electron chi connectivity index (χ3n) is 2.28. The largest absolute Gasteiger partial charge is 0.478 e. The predicted molar refractivity (Wildman–Crippen MR) is 73.1 cm³/mol. The third kappa shape index (κ3) is 5.38. The van der Waals surface area contributed by atoms with Crippen molar-refractivity contribution < 1.29 is 28.3 Å². The van der Waals surface area contributed by atoms with Crippen molar-refractivity contribution in [2.24, 2.45) is 5.73 Å². The van der Waals surface area contributed by atoms with Gasteiger partial charge in [-0.3, -0.25) is 9.59 Å². The molecule has 9 heteroatoms. The molecule has 4 N–H and O–H groups in total. The maximum absolute atomic E-state index is 13.1. The van der Waals surface area contributed by atoms with Gasteiger partial charge in [-0.1, -0.05) is 0 Å². The van der Waals surface area contributed by atoms with Gasteiger partial charge in [-0.05, 0) is 6.07 Å². The van der Waals surface area contributed by atoms with E-state index in [0.717, 1.165) is 11.8 Å². The zero-order valence-corrected chi connectivity index (χ0v) is 11.5. The number of aromatic carboxylic acids is 1. The van der Waals surface area contributed by atoms with Crippen molar-refractivity contribution >= 4 is 35.2 Å². The fraction of sp³-hybridized carbons (Fsp3) is 0.250. The monoisotopic (exact) mass is 318 g/mol. The summed E-state index contributed by atoms with van der Waals surface area (Å²) in [5, 5.41) is 11.1. The summed E-state index contributed by atoms with van der Waals surface area (Å²) in [7, 11) is 0. The van der Waals surface area contributed by atoms with Gasteiger partial charge in [0.25, 0.3) is 0 Å². The molecule has 6 nitrogen and oxygen atoms in total. The molecule has 0 saturated heterocycles. The molecule has 0 aliphatic heterocycles. The minimum atomic E-state index is -1.49. The van der Waals surface area contributed by atoms with E-state index in [0.29, 0.717) is 12.1 Å². The van der Waals surface area contributed by atoms with Crippen LogP contribution in [-0.2, 0) is 9.59 Å². The number of nitrogens with two attached hydrogens (primary N) is 1. The van der Waals surface area contributed by atoms with Crippen LogP contribution < -0.4 is 11.1 Å². The summed E-state index contributed by atoms with van der Waals surface area (Å²) in [6.45, 7) is 0. The summed E-state index contributed by atoms with van der Waals surface area (Å²) in [5.41, 5.74) is 4.04. The smallest absolute Gasteiger partial charge is 0.337 e. The van der Waals surface area contributed by atoms with Crippen molar-refractivity contribution in [2.75, 3.05) is 16.8 Å². The fourth-order valence-corrected chi connectivity index (χ4v) is 2.05. The lowest BCUT2D eigenvalue weighted by molar-refractivity contribution is -0.116. The van der Waals surface area contributed by atoms with Gasteiger partial charge in [0.05, 0.1) is 17.0 Å². The van der Waals surface area contributed by atoms with Crippen LogP contribution in [0.4, 0.5) is 14.5 Å². The molecule has 2 amide bonds. The van der Waals surface area contributed by atoms with Crippen molar-refractivity contribution in [1.82, 2.24) is 0 Å². The molecule has 0 aliphatic rings. The van der Waals surface area contributed by atoms with Crippen LogP contribution in [0.2, 0.25) is 0 Å². The highest BCUT2D eigenvalue weighted by Gasteiger charge is 2.17. The van der Waals surface area contributed by atoms with Crippen LogP contribution in [0.3, 0.4) is 0 Å². The highest BCUT2D eigenvalue weighted by atomic mass is 32.2. The van der Waals surface area contributed by atoms with Crippen molar-refractivity contribution in [3.8, 4) is 0 Å². The third-order valence-corrected chi connectivity index (χ3v) is 3.26. The van der Waals surface area contributed by atoms with Gasteiger partial charge in [-0.25, -0.2) is 13.6 Å². The Kier molecular flexibility index (Phi) is 6.10. The second-order valence-electron chi connectivity index (χ2n) is 3.93. The molecule has 1 aromatic carbocycles. The summed E-state index contributed by atoms with van der Waals surface area (Å²) in [5.74, 6) is -4.84. The minimum absolute atomic E-state index is 0.0317. The first-order valence-corrected chi connectivity index (χ1v) is 6.85. The SMILES string of the molecule is NC(=O)CSCCC(=O)Nc1cc(F)c(F)cc1C(=O)O.